The second-order valence-electron chi connectivity index (χ2n) is 5.01. The molecule has 1 atom stereocenters. The average Bonchev–Trinajstić information content (AvgIpc) is 2.51. The van der Waals surface area contributed by atoms with Gasteiger partial charge in [0.25, 0.3) is 0 Å². The minimum Gasteiger partial charge on any atom is -0.492 e. The molecule has 0 aromatic heterocycles. The van der Waals surface area contributed by atoms with Crippen molar-refractivity contribution in [3.05, 3.63) is 65.7 Å². The van der Waals surface area contributed by atoms with Crippen LogP contribution in [0.25, 0.3) is 0 Å². The van der Waals surface area contributed by atoms with Crippen LogP contribution in [0.15, 0.2) is 54.6 Å². The van der Waals surface area contributed by atoms with Gasteiger partial charge in [-0.25, -0.2) is 0 Å². The Bertz CT molecular complexity index is 489. The molecule has 0 aliphatic rings. The SMILES string of the molecule is CCC(COc1ccc(Cc2ccccc2)cc1)NC. The van der Waals surface area contributed by atoms with Gasteiger partial charge in [0, 0.05) is 6.04 Å². The van der Waals surface area contributed by atoms with Crippen LogP contribution in [0, 0.1) is 0 Å². The fourth-order valence-corrected chi connectivity index (χ4v) is 2.14. The van der Waals surface area contributed by atoms with Gasteiger partial charge in [0.15, 0.2) is 0 Å². The smallest absolute Gasteiger partial charge is 0.119 e. The molecule has 106 valence electrons. The van der Waals surface area contributed by atoms with E-state index in [-0.39, 0.29) is 0 Å². The molecule has 2 nitrogen and oxygen atoms in total. The Balaban J connectivity index is 1.90. The molecule has 2 rings (SSSR count). The Morgan fingerprint density at radius 1 is 0.950 bits per heavy atom. The van der Waals surface area contributed by atoms with Gasteiger partial charge in [-0.1, -0.05) is 49.4 Å². The van der Waals surface area contributed by atoms with Crippen molar-refractivity contribution in [3.63, 3.8) is 0 Å². The van der Waals surface area contributed by atoms with Gasteiger partial charge in [0.2, 0.25) is 0 Å². The first-order valence-electron chi connectivity index (χ1n) is 7.24. The normalized spacial score (nSPS) is 12.1. The molecule has 0 aliphatic carbocycles. The van der Waals surface area contributed by atoms with Crippen LogP contribution in [0.1, 0.15) is 24.5 Å². The number of ether oxygens (including phenoxy) is 1. The molecule has 1 N–H and O–H groups in total. The van der Waals surface area contributed by atoms with E-state index in [2.05, 4.69) is 60.8 Å². The summed E-state index contributed by atoms with van der Waals surface area (Å²) in [5.74, 6) is 0.940. The molecular weight excluding hydrogens is 246 g/mol. The van der Waals surface area contributed by atoms with Crippen molar-refractivity contribution in [2.45, 2.75) is 25.8 Å². The van der Waals surface area contributed by atoms with Gasteiger partial charge in [0.1, 0.15) is 12.4 Å². The summed E-state index contributed by atoms with van der Waals surface area (Å²) in [4.78, 5) is 0. The first-order chi connectivity index (χ1) is 9.81. The van der Waals surface area contributed by atoms with Crippen LogP contribution >= 0.6 is 0 Å². The summed E-state index contributed by atoms with van der Waals surface area (Å²) in [7, 11) is 1.97. The Morgan fingerprint density at radius 2 is 1.60 bits per heavy atom. The summed E-state index contributed by atoms with van der Waals surface area (Å²) in [6, 6.07) is 19.3. The lowest BCUT2D eigenvalue weighted by Crippen LogP contribution is -2.30. The lowest BCUT2D eigenvalue weighted by atomic mass is 10.1. The van der Waals surface area contributed by atoms with Crippen molar-refractivity contribution in [3.8, 4) is 5.75 Å². The average molecular weight is 269 g/mol. The second kappa shape index (κ2) is 7.71. The molecule has 0 saturated carbocycles. The van der Waals surface area contributed by atoms with E-state index in [1.165, 1.54) is 11.1 Å². The fourth-order valence-electron chi connectivity index (χ4n) is 2.14. The van der Waals surface area contributed by atoms with E-state index < -0.39 is 0 Å². The van der Waals surface area contributed by atoms with Gasteiger partial charge in [-0.2, -0.15) is 0 Å². The maximum atomic E-state index is 5.79. The van der Waals surface area contributed by atoms with E-state index in [4.69, 9.17) is 4.74 Å². The van der Waals surface area contributed by atoms with Gasteiger partial charge in [-0.3, -0.25) is 0 Å². The van der Waals surface area contributed by atoms with Crippen LogP contribution in [-0.4, -0.2) is 19.7 Å². The molecule has 20 heavy (non-hydrogen) atoms. The molecule has 1 unspecified atom stereocenters. The third-order valence-electron chi connectivity index (χ3n) is 3.53. The highest BCUT2D eigenvalue weighted by molar-refractivity contribution is 5.31. The molecule has 0 fully saturated rings. The van der Waals surface area contributed by atoms with E-state index in [1.54, 1.807) is 0 Å². The first kappa shape index (κ1) is 14.6. The van der Waals surface area contributed by atoms with Gasteiger partial charge in [-0.05, 0) is 43.1 Å². The Labute approximate surface area is 121 Å². The van der Waals surface area contributed by atoms with E-state index in [0.717, 1.165) is 18.6 Å². The first-order valence-corrected chi connectivity index (χ1v) is 7.24. The third-order valence-corrected chi connectivity index (χ3v) is 3.53. The Kier molecular flexibility index (Phi) is 5.63. The standard InChI is InChI=1S/C18H23NO/c1-3-17(19-2)14-20-18-11-9-16(10-12-18)13-15-7-5-4-6-8-15/h4-12,17,19H,3,13-14H2,1-2H3. The number of likely N-dealkylation sites (N-methyl/N-ethyl adjacent to an activating group) is 1. The number of hydrogen-bond acceptors (Lipinski definition) is 2. The predicted molar refractivity (Wildman–Crippen MR) is 84.3 cm³/mol. The second-order valence-corrected chi connectivity index (χ2v) is 5.01. The van der Waals surface area contributed by atoms with Crippen LogP contribution in [-0.2, 0) is 6.42 Å². The van der Waals surface area contributed by atoms with E-state index in [9.17, 15) is 0 Å². The molecule has 2 heteroatoms. The summed E-state index contributed by atoms with van der Waals surface area (Å²) < 4.78 is 5.79. The monoisotopic (exact) mass is 269 g/mol. The summed E-state index contributed by atoms with van der Waals surface area (Å²) >= 11 is 0. The Morgan fingerprint density at radius 3 is 2.20 bits per heavy atom. The molecule has 0 spiro atoms. The van der Waals surface area contributed by atoms with E-state index in [1.807, 2.05) is 13.1 Å². The molecule has 0 radical (unpaired) electrons. The fraction of sp³-hybridized carbons (Fsp3) is 0.333. The maximum absolute atomic E-state index is 5.79. The number of benzene rings is 2. The number of nitrogens with one attached hydrogen (secondary N) is 1. The molecule has 0 amide bonds. The van der Waals surface area contributed by atoms with Gasteiger partial charge < -0.3 is 10.1 Å². The van der Waals surface area contributed by atoms with Crippen LogP contribution < -0.4 is 10.1 Å². The van der Waals surface area contributed by atoms with Gasteiger partial charge >= 0.3 is 0 Å². The van der Waals surface area contributed by atoms with Crippen LogP contribution in [0.4, 0.5) is 0 Å². The highest BCUT2D eigenvalue weighted by Gasteiger charge is 2.04. The lowest BCUT2D eigenvalue weighted by molar-refractivity contribution is 0.267. The minimum atomic E-state index is 0.416. The quantitative estimate of drug-likeness (QED) is 0.828. The summed E-state index contributed by atoms with van der Waals surface area (Å²) in [6.07, 6.45) is 2.04. The summed E-state index contributed by atoms with van der Waals surface area (Å²) in [5.41, 5.74) is 2.65. The summed E-state index contributed by atoms with van der Waals surface area (Å²) in [6.45, 7) is 2.87. The van der Waals surface area contributed by atoms with Crippen LogP contribution in [0.2, 0.25) is 0 Å². The minimum absolute atomic E-state index is 0.416. The molecule has 0 bridgehead atoms. The molecule has 0 heterocycles. The molecule has 0 aliphatic heterocycles. The van der Waals surface area contributed by atoms with Crippen molar-refractivity contribution in [2.24, 2.45) is 0 Å². The van der Waals surface area contributed by atoms with Crippen molar-refractivity contribution in [1.82, 2.24) is 5.32 Å². The van der Waals surface area contributed by atoms with Crippen LogP contribution in [0.5, 0.6) is 5.75 Å². The zero-order chi connectivity index (χ0) is 14.2. The third kappa shape index (κ3) is 4.39. The topological polar surface area (TPSA) is 21.3 Å². The van der Waals surface area contributed by atoms with Gasteiger partial charge in [-0.15, -0.1) is 0 Å². The largest absolute Gasteiger partial charge is 0.492 e. The highest BCUT2D eigenvalue weighted by atomic mass is 16.5. The maximum Gasteiger partial charge on any atom is 0.119 e. The van der Waals surface area contributed by atoms with Gasteiger partial charge in [0.05, 0.1) is 0 Å². The predicted octanol–water partition coefficient (Wildman–Crippen LogP) is 3.65. The van der Waals surface area contributed by atoms with Crippen molar-refractivity contribution in [2.75, 3.05) is 13.7 Å². The Hall–Kier alpha value is -1.80. The van der Waals surface area contributed by atoms with Crippen molar-refractivity contribution >= 4 is 0 Å². The van der Waals surface area contributed by atoms with Crippen molar-refractivity contribution in [1.29, 1.82) is 0 Å². The lowest BCUT2D eigenvalue weighted by Gasteiger charge is -2.15. The van der Waals surface area contributed by atoms with Crippen LogP contribution in [0.3, 0.4) is 0 Å². The summed E-state index contributed by atoms with van der Waals surface area (Å²) in [5, 5.41) is 3.24. The molecular formula is C18H23NO. The molecule has 2 aromatic rings. The molecule has 0 saturated heterocycles. The number of rotatable bonds is 7. The van der Waals surface area contributed by atoms with E-state index >= 15 is 0 Å². The highest BCUT2D eigenvalue weighted by Crippen LogP contribution is 2.15. The van der Waals surface area contributed by atoms with Crippen molar-refractivity contribution < 1.29 is 4.74 Å². The van der Waals surface area contributed by atoms with E-state index in [0.29, 0.717) is 12.6 Å². The number of hydrogen-bond donors (Lipinski definition) is 1. The zero-order valence-corrected chi connectivity index (χ0v) is 12.3. The zero-order valence-electron chi connectivity index (χ0n) is 12.3. The molecule has 2 aromatic carbocycles.